The molecule has 0 aliphatic carbocycles. The molecular weight excluding hydrogens is 340 g/mol. The first kappa shape index (κ1) is 21.0. The third-order valence-corrected chi connectivity index (χ3v) is 6.29. The van der Waals surface area contributed by atoms with Crippen LogP contribution in [-0.2, 0) is 18.3 Å². The zero-order chi connectivity index (χ0) is 20.0. The Bertz CT molecular complexity index is 708. The Kier molecular flexibility index (Phi) is 7.21. The van der Waals surface area contributed by atoms with Gasteiger partial charge in [-0.15, -0.1) is 0 Å². The van der Waals surface area contributed by atoms with Crippen LogP contribution in [0.3, 0.4) is 0 Å². The van der Waals surface area contributed by atoms with E-state index >= 15 is 0 Å². The van der Waals surface area contributed by atoms with Crippen molar-refractivity contribution in [2.24, 2.45) is 0 Å². The van der Waals surface area contributed by atoms with E-state index < -0.39 is 0 Å². The highest BCUT2D eigenvalue weighted by Gasteiger charge is 2.34. The van der Waals surface area contributed by atoms with Gasteiger partial charge in [-0.3, -0.25) is 0 Å². The lowest BCUT2D eigenvalue weighted by atomic mass is 9.74. The van der Waals surface area contributed by atoms with Crippen LogP contribution >= 0.6 is 0 Å². The van der Waals surface area contributed by atoms with Crippen LogP contribution in [0.25, 0.3) is 0 Å². The molecule has 28 heavy (non-hydrogen) atoms. The van der Waals surface area contributed by atoms with Crippen LogP contribution in [0.2, 0.25) is 0 Å². The quantitative estimate of drug-likeness (QED) is 0.377. The van der Waals surface area contributed by atoms with Crippen LogP contribution in [0, 0.1) is 0 Å². The summed E-state index contributed by atoms with van der Waals surface area (Å²) < 4.78 is 6.31. The van der Waals surface area contributed by atoms with E-state index in [0.717, 1.165) is 11.5 Å². The van der Waals surface area contributed by atoms with E-state index in [4.69, 9.17) is 4.74 Å². The lowest BCUT2D eigenvalue weighted by Crippen LogP contribution is -2.24. The highest BCUT2D eigenvalue weighted by molar-refractivity contribution is 5.58. The first-order chi connectivity index (χ1) is 13.6. The van der Waals surface area contributed by atoms with Gasteiger partial charge in [-0.25, -0.2) is 0 Å². The van der Waals surface area contributed by atoms with E-state index in [1.165, 1.54) is 86.5 Å². The molecule has 1 aliphatic rings. The largest absolute Gasteiger partial charge is 0.457 e. The zero-order valence-corrected chi connectivity index (χ0v) is 18.4. The van der Waals surface area contributed by atoms with Gasteiger partial charge in [0.25, 0.3) is 0 Å². The number of hydrogen-bond donors (Lipinski definition) is 0. The standard InChI is InChI=1S/C27H38O/c1-5-7-9-11-13-21-15-17-25-23(19-21)27(3,4)24-20-22(14-12-10-8-6-2)16-18-26(24)28-25/h15-20H,5-14H2,1-4H3. The maximum absolute atomic E-state index is 6.31. The summed E-state index contributed by atoms with van der Waals surface area (Å²) in [5.41, 5.74) is 5.57. The number of hydrogen-bond acceptors (Lipinski definition) is 1. The third-order valence-electron chi connectivity index (χ3n) is 6.29. The molecular formula is C27H38O. The van der Waals surface area contributed by atoms with E-state index in [9.17, 15) is 0 Å². The smallest absolute Gasteiger partial charge is 0.131 e. The summed E-state index contributed by atoms with van der Waals surface area (Å²) in [6.07, 6.45) is 12.8. The number of unbranched alkanes of at least 4 members (excludes halogenated alkanes) is 6. The Labute approximate surface area is 172 Å². The zero-order valence-electron chi connectivity index (χ0n) is 18.4. The van der Waals surface area contributed by atoms with Gasteiger partial charge < -0.3 is 4.74 Å². The fourth-order valence-electron chi connectivity index (χ4n) is 4.40. The molecule has 0 N–H and O–H groups in total. The van der Waals surface area contributed by atoms with Gasteiger partial charge in [0.05, 0.1) is 0 Å². The average Bonchev–Trinajstić information content (AvgIpc) is 2.69. The van der Waals surface area contributed by atoms with Gasteiger partial charge in [-0.2, -0.15) is 0 Å². The second kappa shape index (κ2) is 9.63. The topological polar surface area (TPSA) is 9.23 Å². The lowest BCUT2D eigenvalue weighted by molar-refractivity contribution is 0.417. The maximum atomic E-state index is 6.31. The molecule has 2 aromatic rings. The summed E-state index contributed by atoms with van der Waals surface area (Å²) in [4.78, 5) is 0. The molecule has 0 unspecified atom stereocenters. The minimum absolute atomic E-state index is 0.0121. The van der Waals surface area contributed by atoms with Crippen molar-refractivity contribution in [2.75, 3.05) is 0 Å². The van der Waals surface area contributed by atoms with Crippen LogP contribution < -0.4 is 4.74 Å². The molecule has 152 valence electrons. The normalized spacial score (nSPS) is 14.3. The summed E-state index contributed by atoms with van der Waals surface area (Å²) >= 11 is 0. The monoisotopic (exact) mass is 378 g/mol. The molecule has 1 aliphatic heterocycles. The van der Waals surface area contributed by atoms with E-state index in [2.05, 4.69) is 64.1 Å². The average molecular weight is 379 g/mol. The van der Waals surface area contributed by atoms with Gasteiger partial charge in [-0.1, -0.05) is 90.5 Å². The van der Waals surface area contributed by atoms with Crippen LogP contribution in [-0.4, -0.2) is 0 Å². The van der Waals surface area contributed by atoms with E-state index in [0.29, 0.717) is 0 Å². The molecule has 1 heterocycles. The van der Waals surface area contributed by atoms with E-state index in [1.807, 2.05) is 0 Å². The highest BCUT2D eigenvalue weighted by atomic mass is 16.5. The maximum Gasteiger partial charge on any atom is 0.131 e. The molecule has 3 rings (SSSR count). The number of benzene rings is 2. The minimum Gasteiger partial charge on any atom is -0.457 e. The first-order valence-electron chi connectivity index (χ1n) is 11.5. The van der Waals surface area contributed by atoms with Gasteiger partial charge >= 0.3 is 0 Å². The van der Waals surface area contributed by atoms with Crippen molar-refractivity contribution in [1.82, 2.24) is 0 Å². The van der Waals surface area contributed by atoms with Gasteiger partial charge in [-0.05, 0) is 48.9 Å². The van der Waals surface area contributed by atoms with Gasteiger partial charge in [0, 0.05) is 16.5 Å². The Morgan fingerprint density at radius 2 is 1.11 bits per heavy atom. The second-order valence-corrected chi connectivity index (χ2v) is 9.01. The lowest BCUT2D eigenvalue weighted by Gasteiger charge is -2.35. The molecule has 0 atom stereocenters. The van der Waals surface area contributed by atoms with Crippen molar-refractivity contribution in [3.63, 3.8) is 0 Å². The Morgan fingerprint density at radius 3 is 1.54 bits per heavy atom. The fourth-order valence-corrected chi connectivity index (χ4v) is 4.40. The molecule has 0 saturated heterocycles. The number of aryl methyl sites for hydroxylation is 2. The van der Waals surface area contributed by atoms with Crippen molar-refractivity contribution in [1.29, 1.82) is 0 Å². The van der Waals surface area contributed by atoms with Gasteiger partial charge in [0.1, 0.15) is 11.5 Å². The summed E-state index contributed by atoms with van der Waals surface area (Å²) in [5.74, 6) is 2.07. The van der Waals surface area contributed by atoms with Gasteiger partial charge in [0.2, 0.25) is 0 Å². The van der Waals surface area contributed by atoms with E-state index in [-0.39, 0.29) is 5.41 Å². The number of rotatable bonds is 10. The van der Waals surface area contributed by atoms with Crippen molar-refractivity contribution >= 4 is 0 Å². The summed E-state index contributed by atoms with van der Waals surface area (Å²) in [5, 5.41) is 0. The molecule has 1 nitrogen and oxygen atoms in total. The van der Waals surface area contributed by atoms with Crippen molar-refractivity contribution in [2.45, 2.75) is 97.3 Å². The van der Waals surface area contributed by atoms with Crippen molar-refractivity contribution in [3.05, 3.63) is 58.7 Å². The van der Waals surface area contributed by atoms with Crippen LogP contribution in [0.4, 0.5) is 0 Å². The molecule has 0 spiro atoms. The highest BCUT2D eigenvalue weighted by Crippen LogP contribution is 2.48. The summed E-state index contributed by atoms with van der Waals surface area (Å²) in [6, 6.07) is 13.7. The Hall–Kier alpha value is -1.76. The molecule has 2 aromatic carbocycles. The fraction of sp³-hybridized carbons (Fsp3) is 0.556. The summed E-state index contributed by atoms with van der Waals surface area (Å²) in [6.45, 7) is 9.26. The minimum atomic E-state index is -0.0121. The van der Waals surface area contributed by atoms with Crippen LogP contribution in [0.5, 0.6) is 11.5 Å². The Morgan fingerprint density at radius 1 is 0.643 bits per heavy atom. The number of fused-ring (bicyclic) bond motifs is 2. The molecule has 0 saturated carbocycles. The molecule has 0 aromatic heterocycles. The predicted molar refractivity (Wildman–Crippen MR) is 121 cm³/mol. The van der Waals surface area contributed by atoms with Gasteiger partial charge in [0.15, 0.2) is 0 Å². The van der Waals surface area contributed by atoms with Crippen molar-refractivity contribution < 1.29 is 4.74 Å². The Balaban J connectivity index is 1.78. The first-order valence-corrected chi connectivity index (χ1v) is 11.5. The molecule has 0 bridgehead atoms. The van der Waals surface area contributed by atoms with E-state index in [1.54, 1.807) is 0 Å². The van der Waals surface area contributed by atoms with Crippen LogP contribution in [0.15, 0.2) is 36.4 Å². The van der Waals surface area contributed by atoms with Crippen LogP contribution in [0.1, 0.15) is 101 Å². The third kappa shape index (κ3) is 4.80. The molecule has 0 radical (unpaired) electrons. The molecule has 0 fully saturated rings. The SMILES string of the molecule is CCCCCCc1ccc2c(c1)C(C)(C)c1cc(CCCCCC)ccc1O2. The predicted octanol–water partition coefficient (Wildman–Crippen LogP) is 8.36. The molecule has 1 heteroatoms. The van der Waals surface area contributed by atoms with Crippen molar-refractivity contribution in [3.8, 4) is 11.5 Å². The number of ether oxygens (including phenoxy) is 1. The second-order valence-electron chi connectivity index (χ2n) is 9.01. The molecule has 0 amide bonds. The summed E-state index contributed by atoms with van der Waals surface area (Å²) in [7, 11) is 0.